The molecule has 8 nitrogen and oxygen atoms in total. The van der Waals surface area contributed by atoms with Gasteiger partial charge in [-0.3, -0.25) is 10.1 Å². The normalized spacial score (nSPS) is 15.4. The molecule has 29 heavy (non-hydrogen) atoms. The molecule has 0 unspecified atom stereocenters. The number of benzene rings is 2. The van der Waals surface area contributed by atoms with Gasteiger partial charge in [-0.15, -0.1) is 5.10 Å². The van der Waals surface area contributed by atoms with Crippen LogP contribution in [0.2, 0.25) is 0 Å². The predicted molar refractivity (Wildman–Crippen MR) is 109 cm³/mol. The molecule has 2 aromatic carbocycles. The molecule has 0 atom stereocenters. The first-order valence-corrected chi connectivity index (χ1v) is 9.96. The van der Waals surface area contributed by atoms with Gasteiger partial charge in [0.2, 0.25) is 0 Å². The number of aromatic nitrogens is 4. The zero-order valence-electron chi connectivity index (χ0n) is 16.2. The van der Waals surface area contributed by atoms with E-state index < -0.39 is 4.92 Å². The number of tetrazole rings is 1. The smallest absolute Gasteiger partial charge is 0.269 e. The lowest BCUT2D eigenvalue weighted by atomic mass is 9.90. The van der Waals surface area contributed by atoms with Crippen molar-refractivity contribution >= 4 is 5.69 Å². The molecule has 0 saturated carbocycles. The average molecular weight is 392 g/mol. The lowest BCUT2D eigenvalue weighted by Gasteiger charge is -2.32. The Labute approximate surface area is 169 Å². The molecule has 0 N–H and O–H groups in total. The number of hydrogen-bond acceptors (Lipinski definition) is 6. The summed E-state index contributed by atoms with van der Waals surface area (Å²) in [5.41, 5.74) is 2.26. The van der Waals surface area contributed by atoms with Crippen molar-refractivity contribution in [2.45, 2.75) is 25.8 Å². The minimum absolute atomic E-state index is 0.0612. The number of nitro groups is 1. The van der Waals surface area contributed by atoms with Gasteiger partial charge < -0.3 is 4.90 Å². The molecule has 1 fully saturated rings. The molecular formula is C21H24N6O2. The number of likely N-dealkylation sites (tertiary alicyclic amines) is 1. The van der Waals surface area contributed by atoms with Gasteiger partial charge in [-0.1, -0.05) is 30.3 Å². The lowest BCUT2D eigenvalue weighted by Crippen LogP contribution is -2.36. The monoisotopic (exact) mass is 392 g/mol. The van der Waals surface area contributed by atoms with E-state index in [1.54, 1.807) is 16.8 Å². The Morgan fingerprint density at radius 3 is 2.41 bits per heavy atom. The Morgan fingerprint density at radius 1 is 1.00 bits per heavy atom. The maximum absolute atomic E-state index is 10.8. The lowest BCUT2D eigenvalue weighted by molar-refractivity contribution is -0.384. The maximum Gasteiger partial charge on any atom is 0.269 e. The molecule has 0 bridgehead atoms. The van der Waals surface area contributed by atoms with E-state index >= 15 is 0 Å². The molecular weight excluding hydrogens is 368 g/mol. The summed E-state index contributed by atoms with van der Waals surface area (Å²) < 4.78 is 1.78. The van der Waals surface area contributed by atoms with E-state index in [2.05, 4.69) is 50.8 Å². The van der Waals surface area contributed by atoms with E-state index in [9.17, 15) is 10.1 Å². The van der Waals surface area contributed by atoms with E-state index in [0.717, 1.165) is 37.5 Å². The third kappa shape index (κ3) is 4.83. The van der Waals surface area contributed by atoms with Gasteiger partial charge >= 0.3 is 0 Å². The summed E-state index contributed by atoms with van der Waals surface area (Å²) in [5.74, 6) is 1.39. The van der Waals surface area contributed by atoms with Crippen LogP contribution in [0.25, 0.3) is 11.4 Å². The van der Waals surface area contributed by atoms with Crippen molar-refractivity contribution in [3.05, 3.63) is 70.3 Å². The van der Waals surface area contributed by atoms with Crippen molar-refractivity contribution in [2.75, 3.05) is 19.6 Å². The standard InChI is InChI=1S/C21H24N6O2/c28-27(29)20-8-6-19(7-9-20)21-22-23-24-26(21)15-14-25-12-10-18(11-13-25)16-17-4-2-1-3-5-17/h1-9,18H,10-16H2. The summed E-state index contributed by atoms with van der Waals surface area (Å²) in [4.78, 5) is 12.9. The molecule has 2 heterocycles. The molecule has 1 saturated heterocycles. The first-order chi connectivity index (χ1) is 14.2. The fraction of sp³-hybridized carbons (Fsp3) is 0.381. The average Bonchev–Trinajstić information content (AvgIpc) is 3.23. The molecule has 1 aliphatic rings. The summed E-state index contributed by atoms with van der Waals surface area (Å²) in [7, 11) is 0. The second-order valence-corrected chi connectivity index (χ2v) is 7.50. The highest BCUT2D eigenvalue weighted by Gasteiger charge is 2.20. The zero-order valence-corrected chi connectivity index (χ0v) is 16.2. The van der Waals surface area contributed by atoms with Crippen LogP contribution >= 0.6 is 0 Å². The SMILES string of the molecule is O=[N+]([O-])c1ccc(-c2nnnn2CCN2CCC(Cc3ccccc3)CC2)cc1. The Hall–Kier alpha value is -3.13. The first kappa shape index (κ1) is 19.2. The van der Waals surface area contributed by atoms with Gasteiger partial charge in [0.05, 0.1) is 11.5 Å². The maximum atomic E-state index is 10.8. The molecule has 0 spiro atoms. The van der Waals surface area contributed by atoms with E-state index in [4.69, 9.17) is 0 Å². The molecule has 0 amide bonds. The van der Waals surface area contributed by atoms with Crippen LogP contribution < -0.4 is 0 Å². The van der Waals surface area contributed by atoms with Gasteiger partial charge in [-0.25, -0.2) is 4.68 Å². The molecule has 1 aliphatic heterocycles. The minimum atomic E-state index is -0.409. The Morgan fingerprint density at radius 2 is 1.72 bits per heavy atom. The summed E-state index contributed by atoms with van der Waals surface area (Å²) in [5, 5.41) is 22.8. The van der Waals surface area contributed by atoms with E-state index in [-0.39, 0.29) is 5.69 Å². The van der Waals surface area contributed by atoms with Crippen LogP contribution in [-0.2, 0) is 13.0 Å². The second-order valence-electron chi connectivity index (χ2n) is 7.50. The van der Waals surface area contributed by atoms with Crippen LogP contribution in [0.4, 0.5) is 5.69 Å². The van der Waals surface area contributed by atoms with Crippen LogP contribution in [0.1, 0.15) is 18.4 Å². The number of non-ortho nitro benzene ring substituents is 1. The Bertz CT molecular complexity index is 933. The fourth-order valence-electron chi connectivity index (χ4n) is 3.89. The van der Waals surface area contributed by atoms with Crippen LogP contribution in [0.3, 0.4) is 0 Å². The van der Waals surface area contributed by atoms with E-state index in [0.29, 0.717) is 12.4 Å². The van der Waals surface area contributed by atoms with Crippen molar-refractivity contribution < 1.29 is 4.92 Å². The summed E-state index contributed by atoms with van der Waals surface area (Å²) >= 11 is 0. The number of hydrogen-bond donors (Lipinski definition) is 0. The largest absolute Gasteiger partial charge is 0.301 e. The summed E-state index contributed by atoms with van der Waals surface area (Å²) in [6, 6.07) is 17.0. The topological polar surface area (TPSA) is 90.0 Å². The van der Waals surface area contributed by atoms with Gasteiger partial charge in [-0.2, -0.15) is 0 Å². The zero-order chi connectivity index (χ0) is 20.1. The number of nitro benzene ring substituents is 1. The number of piperidine rings is 1. The Balaban J connectivity index is 1.29. The number of rotatable bonds is 7. The molecule has 1 aromatic heterocycles. The van der Waals surface area contributed by atoms with Crippen molar-refractivity contribution in [1.29, 1.82) is 0 Å². The van der Waals surface area contributed by atoms with Gasteiger partial charge in [0.25, 0.3) is 5.69 Å². The highest BCUT2D eigenvalue weighted by molar-refractivity contribution is 5.56. The van der Waals surface area contributed by atoms with Gasteiger partial charge in [0.1, 0.15) is 0 Å². The van der Waals surface area contributed by atoms with Crippen molar-refractivity contribution in [3.8, 4) is 11.4 Å². The summed E-state index contributed by atoms with van der Waals surface area (Å²) in [6.07, 6.45) is 3.57. The summed E-state index contributed by atoms with van der Waals surface area (Å²) in [6.45, 7) is 3.77. The second kappa shape index (κ2) is 8.91. The van der Waals surface area contributed by atoms with Crippen LogP contribution in [0.15, 0.2) is 54.6 Å². The molecule has 3 aromatic rings. The molecule has 4 rings (SSSR count). The fourth-order valence-corrected chi connectivity index (χ4v) is 3.89. The first-order valence-electron chi connectivity index (χ1n) is 9.96. The van der Waals surface area contributed by atoms with Crippen LogP contribution in [-0.4, -0.2) is 49.7 Å². The van der Waals surface area contributed by atoms with E-state index in [1.165, 1.54) is 30.5 Å². The molecule has 0 aliphatic carbocycles. The third-order valence-electron chi connectivity index (χ3n) is 5.57. The van der Waals surface area contributed by atoms with Gasteiger partial charge in [-0.05, 0) is 66.4 Å². The van der Waals surface area contributed by atoms with Crippen molar-refractivity contribution in [2.24, 2.45) is 5.92 Å². The highest BCUT2D eigenvalue weighted by atomic mass is 16.6. The van der Waals surface area contributed by atoms with Crippen molar-refractivity contribution in [3.63, 3.8) is 0 Å². The van der Waals surface area contributed by atoms with E-state index in [1.807, 2.05) is 0 Å². The van der Waals surface area contributed by atoms with Crippen molar-refractivity contribution in [1.82, 2.24) is 25.1 Å². The quantitative estimate of drug-likeness (QED) is 0.453. The number of nitrogens with zero attached hydrogens (tertiary/aromatic N) is 6. The molecule has 150 valence electrons. The Kier molecular flexibility index (Phi) is 5.90. The predicted octanol–water partition coefficient (Wildman–Crippen LogP) is 3.20. The van der Waals surface area contributed by atoms with Crippen LogP contribution in [0.5, 0.6) is 0 Å². The molecule has 8 heteroatoms. The highest BCUT2D eigenvalue weighted by Crippen LogP contribution is 2.22. The third-order valence-corrected chi connectivity index (χ3v) is 5.57. The minimum Gasteiger partial charge on any atom is -0.301 e. The molecule has 0 radical (unpaired) electrons. The van der Waals surface area contributed by atoms with Gasteiger partial charge in [0, 0.05) is 24.2 Å². The van der Waals surface area contributed by atoms with Gasteiger partial charge in [0.15, 0.2) is 5.82 Å². The van der Waals surface area contributed by atoms with Crippen LogP contribution in [0, 0.1) is 16.0 Å².